The Kier molecular flexibility index (Phi) is 1.87. The highest BCUT2D eigenvalue weighted by Crippen LogP contribution is 2.28. The number of hydrogen-bond donors (Lipinski definition) is 1. The van der Waals surface area contributed by atoms with E-state index < -0.39 is 28.7 Å². The molecule has 1 rings (SSSR count). The van der Waals surface area contributed by atoms with Gasteiger partial charge < -0.3 is 5.11 Å². The first-order valence-corrected chi connectivity index (χ1v) is 3.45. The number of carboxylic acids is 1. The minimum Gasteiger partial charge on any atom is -0.480 e. The van der Waals surface area contributed by atoms with E-state index in [1.165, 1.54) is 0 Å². The Balaban J connectivity index is 3.36. The molecule has 0 saturated carbocycles. The largest absolute Gasteiger partial charge is 0.480 e. The minimum atomic E-state index is -2.50. The average Bonchev–Trinajstić information content (AvgIpc) is 2.27. The molecule has 0 aliphatic heterocycles. The van der Waals surface area contributed by atoms with E-state index in [0.717, 1.165) is 19.1 Å². The van der Waals surface area contributed by atoms with Crippen molar-refractivity contribution in [2.75, 3.05) is 0 Å². The fourth-order valence-electron chi connectivity index (χ4n) is 1.23. The van der Waals surface area contributed by atoms with Gasteiger partial charge in [-0.15, -0.1) is 0 Å². The van der Waals surface area contributed by atoms with Gasteiger partial charge in [0.25, 0.3) is 0 Å². The van der Waals surface area contributed by atoms with Gasteiger partial charge in [-0.2, -0.15) is 0 Å². The van der Waals surface area contributed by atoms with Gasteiger partial charge in [0.2, 0.25) is 5.41 Å². The molecule has 1 N–H and O–H groups in total. The SMILES string of the molecule is CC(=O)C1(C(=O)O)C(=O)C=CC1=O. The van der Waals surface area contributed by atoms with Crippen LogP contribution in [-0.2, 0) is 19.2 Å². The van der Waals surface area contributed by atoms with Crippen LogP contribution in [0.3, 0.4) is 0 Å². The summed E-state index contributed by atoms with van der Waals surface area (Å²) in [4.78, 5) is 43.8. The van der Waals surface area contributed by atoms with Crippen molar-refractivity contribution in [1.82, 2.24) is 0 Å². The molecule has 13 heavy (non-hydrogen) atoms. The van der Waals surface area contributed by atoms with Crippen LogP contribution < -0.4 is 0 Å². The van der Waals surface area contributed by atoms with Gasteiger partial charge in [-0.1, -0.05) is 0 Å². The van der Waals surface area contributed by atoms with Crippen LogP contribution in [0.25, 0.3) is 0 Å². The van der Waals surface area contributed by atoms with Gasteiger partial charge in [-0.25, -0.2) is 0 Å². The number of carbonyl (C=O) groups is 4. The van der Waals surface area contributed by atoms with Crippen LogP contribution in [0.4, 0.5) is 0 Å². The highest BCUT2D eigenvalue weighted by molar-refractivity contribution is 6.44. The predicted octanol–water partition coefficient (Wildman–Crippen LogP) is -0.646. The van der Waals surface area contributed by atoms with Gasteiger partial charge in [-0.3, -0.25) is 19.2 Å². The first-order chi connectivity index (χ1) is 5.94. The third-order valence-electron chi connectivity index (χ3n) is 1.97. The number of Topliss-reactive ketones (excluding diaryl/α,β-unsaturated/α-hetero) is 1. The lowest BCUT2D eigenvalue weighted by atomic mass is 9.80. The van der Waals surface area contributed by atoms with E-state index in [0.29, 0.717) is 0 Å². The highest BCUT2D eigenvalue weighted by Gasteiger charge is 2.57. The summed E-state index contributed by atoms with van der Waals surface area (Å²) in [5.41, 5.74) is -2.50. The van der Waals surface area contributed by atoms with Gasteiger partial charge in [-0.05, 0) is 19.1 Å². The normalized spacial score (nSPS) is 19.2. The topological polar surface area (TPSA) is 88.5 Å². The molecule has 0 radical (unpaired) electrons. The van der Waals surface area contributed by atoms with E-state index in [2.05, 4.69) is 0 Å². The first-order valence-electron chi connectivity index (χ1n) is 3.45. The maximum Gasteiger partial charge on any atom is 0.333 e. The predicted molar refractivity (Wildman–Crippen MR) is 39.9 cm³/mol. The van der Waals surface area contributed by atoms with Gasteiger partial charge >= 0.3 is 5.97 Å². The molecule has 0 atom stereocenters. The van der Waals surface area contributed by atoms with E-state index in [4.69, 9.17) is 5.11 Å². The molecule has 5 nitrogen and oxygen atoms in total. The van der Waals surface area contributed by atoms with Crippen LogP contribution in [0.15, 0.2) is 12.2 Å². The van der Waals surface area contributed by atoms with Crippen molar-refractivity contribution in [3.05, 3.63) is 12.2 Å². The molecule has 1 aliphatic carbocycles. The molecule has 5 heteroatoms. The van der Waals surface area contributed by atoms with Crippen LogP contribution >= 0.6 is 0 Å². The Morgan fingerprint density at radius 3 is 1.77 bits per heavy atom. The van der Waals surface area contributed by atoms with Gasteiger partial charge in [0.15, 0.2) is 17.3 Å². The molecule has 0 unspecified atom stereocenters. The van der Waals surface area contributed by atoms with E-state index >= 15 is 0 Å². The van der Waals surface area contributed by atoms with E-state index in [1.807, 2.05) is 0 Å². The van der Waals surface area contributed by atoms with Crippen molar-refractivity contribution in [2.24, 2.45) is 5.41 Å². The standard InChI is InChI=1S/C8H6O5/c1-4(9)8(7(12)13)5(10)2-3-6(8)11/h2-3H,1H3,(H,12,13). The third-order valence-corrected chi connectivity index (χ3v) is 1.97. The Bertz CT molecular complexity index is 316. The molecule has 0 fully saturated rings. The van der Waals surface area contributed by atoms with Crippen molar-refractivity contribution < 1.29 is 24.3 Å². The lowest BCUT2D eigenvalue weighted by Crippen LogP contribution is -2.47. The molecule has 0 aromatic rings. The Hall–Kier alpha value is -1.78. The molecule has 1 aliphatic rings. The molecule has 0 bridgehead atoms. The molecule has 0 aromatic carbocycles. The van der Waals surface area contributed by atoms with Crippen molar-refractivity contribution in [2.45, 2.75) is 6.92 Å². The summed E-state index contributed by atoms with van der Waals surface area (Å²) in [6.07, 6.45) is 1.63. The average molecular weight is 182 g/mol. The summed E-state index contributed by atoms with van der Waals surface area (Å²) in [6, 6.07) is 0. The summed E-state index contributed by atoms with van der Waals surface area (Å²) in [5.74, 6) is -4.62. The lowest BCUT2D eigenvalue weighted by molar-refractivity contribution is -0.159. The van der Waals surface area contributed by atoms with Crippen LogP contribution in [0.2, 0.25) is 0 Å². The summed E-state index contributed by atoms with van der Waals surface area (Å²) in [5, 5.41) is 8.67. The van der Waals surface area contributed by atoms with E-state index in [9.17, 15) is 19.2 Å². The number of aliphatic carboxylic acids is 1. The molecule has 68 valence electrons. The first kappa shape index (κ1) is 9.31. The number of carboxylic acid groups (broad SMARTS) is 1. The second kappa shape index (κ2) is 2.62. The van der Waals surface area contributed by atoms with Crippen LogP contribution in [0.5, 0.6) is 0 Å². The van der Waals surface area contributed by atoms with Gasteiger partial charge in [0.05, 0.1) is 0 Å². The number of carbonyl (C=O) groups excluding carboxylic acids is 3. The smallest absolute Gasteiger partial charge is 0.333 e. The fourth-order valence-corrected chi connectivity index (χ4v) is 1.23. The maximum atomic E-state index is 11.1. The summed E-state index contributed by atoms with van der Waals surface area (Å²) in [6.45, 7) is 0.914. The monoisotopic (exact) mass is 182 g/mol. The quantitative estimate of drug-likeness (QED) is 0.573. The van der Waals surface area contributed by atoms with Crippen molar-refractivity contribution >= 4 is 23.3 Å². The second-order valence-corrected chi connectivity index (χ2v) is 2.67. The Morgan fingerprint density at radius 1 is 1.23 bits per heavy atom. The van der Waals surface area contributed by atoms with Crippen LogP contribution in [0, 0.1) is 5.41 Å². The van der Waals surface area contributed by atoms with Crippen molar-refractivity contribution in [3.63, 3.8) is 0 Å². The van der Waals surface area contributed by atoms with Crippen LogP contribution in [0.1, 0.15) is 6.92 Å². The molecule has 0 spiro atoms. The molecule has 0 heterocycles. The molecule has 0 saturated heterocycles. The molecule has 0 aromatic heterocycles. The Morgan fingerprint density at radius 2 is 1.62 bits per heavy atom. The minimum absolute atomic E-state index is 0.817. The fraction of sp³-hybridized carbons (Fsp3) is 0.250. The maximum absolute atomic E-state index is 11.1. The molecular weight excluding hydrogens is 176 g/mol. The molecular formula is C8H6O5. The summed E-state index contributed by atoms with van der Waals surface area (Å²) < 4.78 is 0. The van der Waals surface area contributed by atoms with E-state index in [1.54, 1.807) is 0 Å². The molecule has 0 amide bonds. The third kappa shape index (κ3) is 0.932. The zero-order valence-electron chi connectivity index (χ0n) is 6.73. The van der Waals surface area contributed by atoms with Gasteiger partial charge in [0.1, 0.15) is 0 Å². The number of allylic oxidation sites excluding steroid dienone is 2. The zero-order chi connectivity index (χ0) is 10.2. The van der Waals surface area contributed by atoms with Gasteiger partial charge in [0, 0.05) is 0 Å². The second-order valence-electron chi connectivity index (χ2n) is 2.67. The summed E-state index contributed by atoms with van der Waals surface area (Å²) >= 11 is 0. The van der Waals surface area contributed by atoms with Crippen molar-refractivity contribution in [3.8, 4) is 0 Å². The van der Waals surface area contributed by atoms with E-state index in [-0.39, 0.29) is 0 Å². The highest BCUT2D eigenvalue weighted by atomic mass is 16.4. The Labute approximate surface area is 73.0 Å². The van der Waals surface area contributed by atoms with Crippen molar-refractivity contribution in [1.29, 1.82) is 0 Å². The lowest BCUT2D eigenvalue weighted by Gasteiger charge is -2.15. The zero-order valence-corrected chi connectivity index (χ0v) is 6.73. The van der Waals surface area contributed by atoms with Crippen LogP contribution in [-0.4, -0.2) is 28.4 Å². The number of hydrogen-bond acceptors (Lipinski definition) is 4. The number of rotatable bonds is 2. The number of ketones is 3. The summed E-state index contributed by atoms with van der Waals surface area (Å²) in [7, 11) is 0.